The number of rotatable bonds is 18. The van der Waals surface area contributed by atoms with E-state index >= 15 is 0 Å². The Morgan fingerprint density at radius 1 is 0.730 bits per heavy atom. The van der Waals surface area contributed by atoms with E-state index in [9.17, 15) is 53.4 Å². The molecule has 2 heterocycles. The molecule has 3 aromatic carbocycles. The maximum absolute atomic E-state index is 14.8. The average molecular weight is 1060 g/mol. The molecule has 16 N–H and O–H groups in total. The average Bonchev–Trinajstić information content (AvgIpc) is 3.77. The first kappa shape index (κ1) is 57.7. The zero-order valence-corrected chi connectivity index (χ0v) is 42.6. The topological polar surface area (TPSA) is 372 Å². The Labute approximate surface area is 435 Å². The van der Waals surface area contributed by atoms with Crippen molar-refractivity contribution in [3.8, 4) is 5.75 Å². The highest BCUT2D eigenvalue weighted by Gasteiger charge is 2.36. The lowest BCUT2D eigenvalue weighted by molar-refractivity contribution is -0.140. The number of primary amides is 1. The van der Waals surface area contributed by atoms with Crippen molar-refractivity contribution in [1.82, 2.24) is 42.2 Å². The van der Waals surface area contributed by atoms with Gasteiger partial charge in [-0.05, 0) is 73.0 Å². The highest BCUT2D eigenvalue weighted by molar-refractivity contribution is 8.76. The molecule has 8 atom stereocenters. The number of carbonyl (C=O) groups is 9. The Hall–Kier alpha value is -7.15. The fourth-order valence-corrected chi connectivity index (χ4v) is 10.3. The molecule has 74 heavy (non-hydrogen) atoms. The molecular weight excluding hydrogens is 995 g/mol. The molecule has 398 valence electrons. The van der Waals surface area contributed by atoms with Crippen LogP contribution in [-0.2, 0) is 62.4 Å². The van der Waals surface area contributed by atoms with E-state index < -0.39 is 114 Å². The number of hydrogen-bond acceptors (Lipinski definition) is 14. The summed E-state index contributed by atoms with van der Waals surface area (Å²) in [5.41, 5.74) is 20.2. The van der Waals surface area contributed by atoms with Crippen LogP contribution in [0.3, 0.4) is 0 Å². The Morgan fingerprint density at radius 2 is 1.35 bits per heavy atom. The first-order valence-electron chi connectivity index (χ1n) is 24.0. The standard InChI is InChI=1S/C50H65N11O11S2/c1-27(2)42-50(72)60-40(48(70)56-36(43(53)65)23-41(63)64)26-74-73-25-39(59-44(66)33(52)20-28-10-4-3-5-11-28)49(71)57-37(21-29-15-17-31(62)18-16-29)46(68)58-38(22-30-24-54-34-13-7-6-12-32(30)34)47(69)55-35(45(67)61-42)14-8-9-19-51/h3-7,10-13,15-18,24,27,33,35-40,42,54,62H,8-9,14,19-23,25-26,51-52H2,1-2H3,(H2,53,65)(H,55,69)(H,56,70)(H,57,71)(H,58,68)(H,59,66)(H,60,72)(H,61,67)(H,63,64)/t33-,35+,36+,37+,38-,39+,40+,42+/m1/s1. The number of amides is 8. The molecule has 5 rings (SSSR count). The minimum atomic E-state index is -1.68. The van der Waals surface area contributed by atoms with E-state index in [0.717, 1.165) is 38.1 Å². The number of para-hydroxylation sites is 1. The summed E-state index contributed by atoms with van der Waals surface area (Å²) in [4.78, 5) is 127. The van der Waals surface area contributed by atoms with E-state index in [2.05, 4.69) is 42.2 Å². The number of carboxylic acids is 1. The van der Waals surface area contributed by atoms with Crippen LogP contribution in [0, 0.1) is 5.92 Å². The van der Waals surface area contributed by atoms with Gasteiger partial charge < -0.3 is 69.6 Å². The number of aromatic nitrogens is 1. The maximum Gasteiger partial charge on any atom is 0.305 e. The van der Waals surface area contributed by atoms with Gasteiger partial charge in [0.05, 0.1) is 12.5 Å². The van der Waals surface area contributed by atoms with Gasteiger partial charge in [0.1, 0.15) is 48.0 Å². The Kier molecular flexibility index (Phi) is 22.1. The second-order valence-corrected chi connectivity index (χ2v) is 20.7. The summed E-state index contributed by atoms with van der Waals surface area (Å²) in [5, 5.41) is 38.9. The summed E-state index contributed by atoms with van der Waals surface area (Å²) < 4.78 is 0. The van der Waals surface area contributed by atoms with Gasteiger partial charge in [0.2, 0.25) is 47.3 Å². The number of aromatic hydroxyl groups is 1. The fraction of sp³-hybridized carbons (Fsp3) is 0.420. The van der Waals surface area contributed by atoms with Gasteiger partial charge in [-0.25, -0.2) is 0 Å². The highest BCUT2D eigenvalue weighted by atomic mass is 33.1. The zero-order valence-electron chi connectivity index (χ0n) is 41.0. The molecule has 8 amide bonds. The second-order valence-electron chi connectivity index (χ2n) is 18.2. The van der Waals surface area contributed by atoms with Crippen molar-refractivity contribution >= 4 is 85.7 Å². The molecule has 0 spiro atoms. The predicted molar refractivity (Wildman–Crippen MR) is 280 cm³/mol. The van der Waals surface area contributed by atoms with Crippen molar-refractivity contribution in [1.29, 1.82) is 0 Å². The number of aliphatic carboxylic acids is 1. The smallest absolute Gasteiger partial charge is 0.305 e. The Bertz CT molecular complexity index is 2600. The lowest BCUT2D eigenvalue weighted by atomic mass is 10.00. The molecule has 0 bridgehead atoms. The van der Waals surface area contributed by atoms with Crippen LogP contribution in [0.15, 0.2) is 85.1 Å². The summed E-state index contributed by atoms with van der Waals surface area (Å²) >= 11 is 0. The summed E-state index contributed by atoms with van der Waals surface area (Å²) in [7, 11) is 1.94. The number of aromatic amines is 1. The summed E-state index contributed by atoms with van der Waals surface area (Å²) in [6.45, 7) is 3.53. The monoisotopic (exact) mass is 1060 g/mol. The van der Waals surface area contributed by atoms with Crippen LogP contribution in [0.5, 0.6) is 5.75 Å². The first-order chi connectivity index (χ1) is 35.3. The van der Waals surface area contributed by atoms with E-state index in [1.807, 2.05) is 18.2 Å². The molecule has 4 aromatic rings. The minimum Gasteiger partial charge on any atom is -0.508 e. The first-order valence-corrected chi connectivity index (χ1v) is 26.5. The summed E-state index contributed by atoms with van der Waals surface area (Å²) in [6.07, 6.45) is 1.52. The molecule has 1 aliphatic rings. The van der Waals surface area contributed by atoms with Gasteiger partial charge >= 0.3 is 5.97 Å². The zero-order chi connectivity index (χ0) is 53.9. The molecular formula is C50H65N11O11S2. The fourth-order valence-electron chi connectivity index (χ4n) is 7.94. The number of nitrogens with one attached hydrogen (secondary N) is 8. The van der Waals surface area contributed by atoms with Gasteiger partial charge in [-0.3, -0.25) is 43.2 Å². The van der Waals surface area contributed by atoms with Crippen molar-refractivity contribution < 1.29 is 53.4 Å². The molecule has 0 saturated carbocycles. The normalized spacial score (nSPS) is 21.4. The Morgan fingerprint density at radius 3 is 2.01 bits per heavy atom. The van der Waals surface area contributed by atoms with Gasteiger partial charge in [0.15, 0.2) is 0 Å². The summed E-state index contributed by atoms with van der Waals surface area (Å²) in [6, 6.07) is 10.9. The van der Waals surface area contributed by atoms with Crippen molar-refractivity contribution in [2.24, 2.45) is 23.1 Å². The number of carbonyl (C=O) groups excluding carboxylic acids is 8. The van der Waals surface area contributed by atoms with Crippen LogP contribution in [0.4, 0.5) is 0 Å². The third-order valence-corrected chi connectivity index (χ3v) is 14.5. The van der Waals surface area contributed by atoms with Crippen LogP contribution in [0.1, 0.15) is 56.2 Å². The lowest BCUT2D eigenvalue weighted by Crippen LogP contribution is -2.61. The third kappa shape index (κ3) is 17.5. The number of hydrogen-bond donors (Lipinski definition) is 13. The van der Waals surface area contributed by atoms with E-state index in [-0.39, 0.29) is 49.5 Å². The molecule has 0 radical (unpaired) electrons. The number of phenols is 1. The molecule has 22 nitrogen and oxygen atoms in total. The van der Waals surface area contributed by atoms with Crippen LogP contribution >= 0.6 is 21.6 Å². The van der Waals surface area contributed by atoms with Gasteiger partial charge in [-0.2, -0.15) is 0 Å². The van der Waals surface area contributed by atoms with Crippen molar-refractivity contribution in [2.45, 2.75) is 107 Å². The quantitative estimate of drug-likeness (QED) is 0.0452. The number of fused-ring (bicyclic) bond motifs is 1. The van der Waals surface area contributed by atoms with Gasteiger partial charge in [-0.1, -0.05) is 96.1 Å². The van der Waals surface area contributed by atoms with Crippen LogP contribution in [0.25, 0.3) is 10.9 Å². The van der Waals surface area contributed by atoms with Gasteiger partial charge in [-0.15, -0.1) is 0 Å². The van der Waals surface area contributed by atoms with Crippen molar-refractivity contribution in [3.05, 3.63) is 102 Å². The number of nitrogens with two attached hydrogens (primary N) is 3. The highest BCUT2D eigenvalue weighted by Crippen LogP contribution is 2.25. The van der Waals surface area contributed by atoms with Gasteiger partial charge in [0.25, 0.3) is 0 Å². The number of unbranched alkanes of at least 4 members (excludes halogenated alkanes) is 1. The van der Waals surface area contributed by atoms with E-state index in [1.165, 1.54) is 12.1 Å². The molecule has 1 aliphatic heterocycles. The maximum atomic E-state index is 14.8. The van der Waals surface area contributed by atoms with Crippen LogP contribution in [-0.4, -0.2) is 135 Å². The number of benzene rings is 3. The minimum absolute atomic E-state index is 0.0492. The summed E-state index contributed by atoms with van der Waals surface area (Å²) in [5.74, 6) is -9.59. The molecule has 1 aromatic heterocycles. The molecule has 24 heteroatoms. The molecule has 1 fully saturated rings. The third-order valence-electron chi connectivity index (χ3n) is 12.1. The lowest BCUT2D eigenvalue weighted by Gasteiger charge is -2.29. The van der Waals surface area contributed by atoms with Gasteiger partial charge in [0, 0.05) is 41.4 Å². The predicted octanol–water partition coefficient (Wildman–Crippen LogP) is -0.238. The van der Waals surface area contributed by atoms with E-state index in [0.29, 0.717) is 24.0 Å². The molecule has 0 unspecified atom stereocenters. The van der Waals surface area contributed by atoms with Crippen LogP contribution < -0.4 is 54.4 Å². The van der Waals surface area contributed by atoms with Crippen LogP contribution in [0.2, 0.25) is 0 Å². The number of H-pyrrole nitrogens is 1. The van der Waals surface area contributed by atoms with Crippen molar-refractivity contribution in [2.75, 3.05) is 18.1 Å². The molecule has 0 aliphatic carbocycles. The largest absolute Gasteiger partial charge is 0.508 e. The van der Waals surface area contributed by atoms with Crippen molar-refractivity contribution in [3.63, 3.8) is 0 Å². The second kappa shape index (κ2) is 28.3. The van der Waals surface area contributed by atoms with E-state index in [4.69, 9.17) is 17.2 Å². The number of phenolic OH excluding ortho intramolecular Hbond substituents is 1. The SMILES string of the molecule is CC(C)[C@@H]1NC(=O)[C@H](CCCCN)NC(=O)[C@@H](Cc2c[nH]c3ccccc23)NC(=O)[C@H](Cc2ccc(O)cc2)NC(=O)[C@@H](NC(=O)[C@H](N)Cc2ccccc2)CSSC[C@@H](C(=O)N[C@@H](CC(=O)O)C(N)=O)NC1=O. The molecule has 1 saturated heterocycles. The van der Waals surface area contributed by atoms with E-state index in [1.54, 1.807) is 68.6 Å². The Balaban J connectivity index is 1.58. The number of carboxylic acid groups (broad SMARTS) is 1.